The second kappa shape index (κ2) is 3.62. The highest BCUT2D eigenvalue weighted by Crippen LogP contribution is 2.29. The summed E-state index contributed by atoms with van der Waals surface area (Å²) in [7, 11) is 1.83. The summed E-state index contributed by atoms with van der Waals surface area (Å²) in [5.74, 6) is 0. The Morgan fingerprint density at radius 1 is 1.44 bits per heavy atom. The first-order valence-corrected chi connectivity index (χ1v) is 5.10. The first-order valence-electron chi connectivity index (χ1n) is 5.10. The van der Waals surface area contributed by atoms with E-state index in [0.29, 0.717) is 11.2 Å². The minimum absolute atomic E-state index is 0.120. The van der Waals surface area contributed by atoms with Gasteiger partial charge in [-0.1, -0.05) is 0 Å². The SMILES string of the molecule is C[n+]1ccn(-c2ccc3nonc3c2[N+](=O)[O-])c1. The van der Waals surface area contributed by atoms with Gasteiger partial charge in [0.05, 0.1) is 12.0 Å². The Kier molecular flexibility index (Phi) is 2.09. The fourth-order valence-electron chi connectivity index (χ4n) is 1.81. The fourth-order valence-corrected chi connectivity index (χ4v) is 1.81. The van der Waals surface area contributed by atoms with Crippen molar-refractivity contribution in [2.75, 3.05) is 0 Å². The zero-order chi connectivity index (χ0) is 12.7. The number of rotatable bonds is 2. The number of hydrogen-bond acceptors (Lipinski definition) is 5. The maximum Gasteiger partial charge on any atom is 0.347 e. The highest BCUT2D eigenvalue weighted by molar-refractivity contribution is 5.87. The van der Waals surface area contributed by atoms with Crippen molar-refractivity contribution < 1.29 is 14.1 Å². The number of nitrogens with zero attached hydrogens (tertiary/aromatic N) is 5. The third-order valence-corrected chi connectivity index (χ3v) is 2.61. The molecule has 0 aliphatic rings. The molecule has 0 N–H and O–H groups in total. The minimum atomic E-state index is -0.484. The average molecular weight is 246 g/mol. The Labute approximate surface area is 100 Å². The van der Waals surface area contributed by atoms with Crippen LogP contribution in [0.3, 0.4) is 0 Å². The molecule has 3 aromatic rings. The van der Waals surface area contributed by atoms with Crippen LogP contribution in [0.5, 0.6) is 0 Å². The summed E-state index contributed by atoms with van der Waals surface area (Å²) in [5.41, 5.74) is 0.810. The van der Waals surface area contributed by atoms with Crippen LogP contribution in [-0.2, 0) is 7.05 Å². The molecule has 90 valence electrons. The lowest BCUT2D eigenvalue weighted by molar-refractivity contribution is -0.670. The van der Waals surface area contributed by atoms with E-state index in [-0.39, 0.29) is 11.2 Å². The molecule has 0 aliphatic carbocycles. The van der Waals surface area contributed by atoms with Gasteiger partial charge in [-0.25, -0.2) is 9.20 Å². The molecule has 18 heavy (non-hydrogen) atoms. The predicted octanol–water partition coefficient (Wildman–Crippen LogP) is 0.746. The van der Waals surface area contributed by atoms with Crippen LogP contribution in [0.2, 0.25) is 0 Å². The molecular formula is C10H8N5O3+. The van der Waals surface area contributed by atoms with Crippen molar-refractivity contribution in [2.45, 2.75) is 0 Å². The van der Waals surface area contributed by atoms with Crippen molar-refractivity contribution in [1.29, 1.82) is 0 Å². The van der Waals surface area contributed by atoms with E-state index in [1.165, 1.54) is 0 Å². The molecule has 0 fully saturated rings. The summed E-state index contributed by atoms with van der Waals surface area (Å²) in [6.07, 6.45) is 5.23. The molecule has 0 atom stereocenters. The summed E-state index contributed by atoms with van der Waals surface area (Å²) in [6.45, 7) is 0. The van der Waals surface area contributed by atoms with E-state index in [9.17, 15) is 10.1 Å². The van der Waals surface area contributed by atoms with Crippen LogP contribution in [0, 0.1) is 10.1 Å². The molecule has 0 saturated heterocycles. The van der Waals surface area contributed by atoms with Gasteiger partial charge in [-0.05, 0) is 22.4 Å². The van der Waals surface area contributed by atoms with Crippen molar-refractivity contribution in [3.63, 3.8) is 0 Å². The molecule has 0 saturated carbocycles. The van der Waals surface area contributed by atoms with Gasteiger partial charge in [0.1, 0.15) is 17.9 Å². The largest absolute Gasteiger partial charge is 0.347 e. The zero-order valence-electron chi connectivity index (χ0n) is 9.35. The maximum absolute atomic E-state index is 11.2. The second-order valence-electron chi connectivity index (χ2n) is 3.81. The zero-order valence-corrected chi connectivity index (χ0v) is 9.35. The Morgan fingerprint density at radius 2 is 2.28 bits per heavy atom. The van der Waals surface area contributed by atoms with Crippen LogP contribution in [0.4, 0.5) is 5.69 Å². The van der Waals surface area contributed by atoms with Gasteiger partial charge in [-0.3, -0.25) is 10.1 Å². The lowest BCUT2D eigenvalue weighted by Gasteiger charge is -1.97. The molecule has 2 aromatic heterocycles. The van der Waals surface area contributed by atoms with Gasteiger partial charge in [0, 0.05) is 0 Å². The average Bonchev–Trinajstić information content (AvgIpc) is 2.95. The Bertz CT molecular complexity index is 745. The van der Waals surface area contributed by atoms with Crippen molar-refractivity contribution in [3.8, 4) is 5.69 Å². The number of nitro benzene ring substituents is 1. The Morgan fingerprint density at radius 3 is 2.94 bits per heavy atom. The molecule has 8 heteroatoms. The van der Waals surface area contributed by atoms with E-state index in [2.05, 4.69) is 14.9 Å². The first kappa shape index (κ1) is 10.4. The minimum Gasteiger partial charge on any atom is -0.258 e. The van der Waals surface area contributed by atoms with E-state index in [1.54, 1.807) is 40.0 Å². The molecule has 3 rings (SSSR count). The second-order valence-corrected chi connectivity index (χ2v) is 3.81. The summed E-state index contributed by atoms with van der Waals surface area (Å²) < 4.78 is 7.96. The number of aryl methyl sites for hydroxylation is 1. The Hall–Kier alpha value is -2.77. The highest BCUT2D eigenvalue weighted by atomic mass is 16.6. The summed E-state index contributed by atoms with van der Waals surface area (Å²) in [4.78, 5) is 10.7. The van der Waals surface area contributed by atoms with Crippen LogP contribution >= 0.6 is 0 Å². The summed E-state index contributed by atoms with van der Waals surface area (Å²) in [6, 6.07) is 3.25. The van der Waals surface area contributed by atoms with Gasteiger partial charge in [0.2, 0.25) is 17.5 Å². The maximum atomic E-state index is 11.2. The highest BCUT2D eigenvalue weighted by Gasteiger charge is 2.26. The van der Waals surface area contributed by atoms with Gasteiger partial charge in [0.25, 0.3) is 0 Å². The first-order chi connectivity index (χ1) is 8.66. The third-order valence-electron chi connectivity index (χ3n) is 2.61. The van der Waals surface area contributed by atoms with Gasteiger partial charge in [0.15, 0.2) is 0 Å². The van der Waals surface area contributed by atoms with Gasteiger partial charge in [-0.2, -0.15) is 4.57 Å². The summed E-state index contributed by atoms with van der Waals surface area (Å²) in [5, 5.41) is 18.4. The topological polar surface area (TPSA) is 90.9 Å². The molecule has 0 amide bonds. The van der Waals surface area contributed by atoms with Crippen LogP contribution in [-0.4, -0.2) is 19.8 Å². The van der Waals surface area contributed by atoms with Gasteiger partial charge < -0.3 is 0 Å². The standard InChI is InChI=1S/C10H8N5O3/c1-13-4-5-14(6-13)8-3-2-7-9(12-18-11-7)10(8)15(16)17/h2-6H,1H3/q+1. The Balaban J connectivity index is 2.34. The molecule has 0 aliphatic heterocycles. The van der Waals surface area contributed by atoms with Crippen LogP contribution < -0.4 is 4.57 Å². The molecular weight excluding hydrogens is 238 g/mol. The lowest BCUT2D eigenvalue weighted by atomic mass is 10.2. The fraction of sp³-hybridized carbons (Fsp3) is 0.100. The third kappa shape index (κ3) is 1.43. The van der Waals surface area contributed by atoms with Crippen molar-refractivity contribution in [3.05, 3.63) is 41.0 Å². The molecule has 0 bridgehead atoms. The monoisotopic (exact) mass is 246 g/mol. The number of imidazole rings is 1. The number of nitro groups is 1. The number of hydrogen-bond donors (Lipinski definition) is 0. The van der Waals surface area contributed by atoms with Crippen LogP contribution in [0.1, 0.15) is 0 Å². The normalized spacial score (nSPS) is 10.9. The van der Waals surface area contributed by atoms with Crippen molar-refractivity contribution in [2.24, 2.45) is 7.05 Å². The molecule has 0 unspecified atom stereocenters. The van der Waals surface area contributed by atoms with Gasteiger partial charge >= 0.3 is 5.69 Å². The van der Waals surface area contributed by atoms with Gasteiger partial charge in [-0.15, -0.1) is 0 Å². The molecule has 0 spiro atoms. The molecule has 1 aromatic carbocycles. The molecule has 8 nitrogen and oxygen atoms in total. The van der Waals surface area contributed by atoms with E-state index in [1.807, 2.05) is 7.05 Å². The van der Waals surface area contributed by atoms with Crippen molar-refractivity contribution in [1.82, 2.24) is 14.9 Å². The van der Waals surface area contributed by atoms with Crippen LogP contribution in [0.15, 0.2) is 35.5 Å². The van der Waals surface area contributed by atoms with Crippen LogP contribution in [0.25, 0.3) is 16.7 Å². The van der Waals surface area contributed by atoms with E-state index in [4.69, 9.17) is 0 Å². The van der Waals surface area contributed by atoms with E-state index < -0.39 is 4.92 Å². The summed E-state index contributed by atoms with van der Waals surface area (Å²) >= 11 is 0. The smallest absolute Gasteiger partial charge is 0.258 e. The number of aromatic nitrogens is 4. The van der Waals surface area contributed by atoms with Crippen molar-refractivity contribution >= 4 is 16.7 Å². The quantitative estimate of drug-likeness (QED) is 0.378. The number of benzene rings is 1. The van der Waals surface area contributed by atoms with E-state index >= 15 is 0 Å². The lowest BCUT2D eigenvalue weighted by Crippen LogP contribution is -2.23. The molecule has 2 heterocycles. The van der Waals surface area contributed by atoms with E-state index in [0.717, 1.165) is 0 Å². The number of fused-ring (bicyclic) bond motifs is 1. The molecule has 0 radical (unpaired) electrons. The predicted molar refractivity (Wildman–Crippen MR) is 59.0 cm³/mol.